The fraction of sp³-hybridized carbons (Fsp3) is 0.417. The smallest absolute Gasteiger partial charge is 0.317 e. The highest BCUT2D eigenvalue weighted by molar-refractivity contribution is 7.91. The van der Waals surface area contributed by atoms with Crippen LogP contribution in [0, 0.1) is 5.92 Å². The van der Waals surface area contributed by atoms with Crippen molar-refractivity contribution in [3.05, 3.63) is 42.0 Å². The number of carbonyl (C=O) groups excluding carboxylic acids is 1. The zero-order valence-electron chi connectivity index (χ0n) is 19.8. The first kappa shape index (κ1) is 26.0. The van der Waals surface area contributed by atoms with E-state index in [2.05, 4.69) is 20.6 Å². The summed E-state index contributed by atoms with van der Waals surface area (Å²) in [6.07, 6.45) is 5.08. The highest BCUT2D eigenvalue weighted by atomic mass is 32.2. The Morgan fingerprint density at radius 1 is 1.14 bits per heavy atom. The summed E-state index contributed by atoms with van der Waals surface area (Å²) in [7, 11) is -2.17. The lowest BCUT2D eigenvalue weighted by atomic mass is 9.87. The van der Waals surface area contributed by atoms with Crippen molar-refractivity contribution in [1.29, 1.82) is 0 Å². The Morgan fingerprint density at radius 3 is 2.53 bits per heavy atom. The van der Waals surface area contributed by atoms with E-state index < -0.39 is 34.1 Å². The fourth-order valence-corrected chi connectivity index (χ4v) is 6.34. The minimum Gasteiger partial charge on any atom is -0.481 e. The number of aromatic nitrogens is 2. The van der Waals surface area contributed by atoms with Gasteiger partial charge in [-0.05, 0) is 36.1 Å². The van der Waals surface area contributed by atoms with Crippen molar-refractivity contribution in [3.8, 4) is 5.88 Å². The average Bonchev–Trinajstić information content (AvgIpc) is 3.51. The van der Waals surface area contributed by atoms with E-state index in [-0.39, 0.29) is 10.8 Å². The molecule has 1 aliphatic carbocycles. The minimum atomic E-state index is -3.71. The molecule has 0 bridgehead atoms. The maximum atomic E-state index is 13.4. The Balaban J connectivity index is 1.53. The number of aliphatic carboxylic acids is 1. The molecule has 1 aliphatic rings. The third-order valence-electron chi connectivity index (χ3n) is 6.24. The van der Waals surface area contributed by atoms with Gasteiger partial charge in [0.05, 0.1) is 24.5 Å². The molecule has 1 fully saturated rings. The number of carboxylic acids is 1. The van der Waals surface area contributed by atoms with E-state index in [4.69, 9.17) is 9.84 Å². The van der Waals surface area contributed by atoms with Gasteiger partial charge < -0.3 is 15.2 Å². The molecule has 4 rings (SSSR count). The molecule has 12 heteroatoms. The number of nitrogens with one attached hydrogen (secondary N) is 2. The molecule has 36 heavy (non-hydrogen) atoms. The van der Waals surface area contributed by atoms with Crippen LogP contribution in [0.15, 0.2) is 41.3 Å². The second-order valence-corrected chi connectivity index (χ2v) is 11.7. The quantitative estimate of drug-likeness (QED) is 0.338. The summed E-state index contributed by atoms with van der Waals surface area (Å²) in [6, 6.07) is 9.76. The number of nitrogens with zero attached hydrogens (tertiary/aromatic N) is 2. The van der Waals surface area contributed by atoms with Gasteiger partial charge in [0, 0.05) is 6.07 Å². The maximum absolute atomic E-state index is 13.4. The second-order valence-electron chi connectivity index (χ2n) is 8.77. The van der Waals surface area contributed by atoms with Gasteiger partial charge >= 0.3 is 5.97 Å². The van der Waals surface area contributed by atoms with E-state index in [0.29, 0.717) is 33.7 Å². The molecule has 0 saturated heterocycles. The molecular formula is C24H28N4O6S2. The lowest BCUT2D eigenvalue weighted by Crippen LogP contribution is -2.28. The van der Waals surface area contributed by atoms with Crippen LogP contribution in [-0.2, 0) is 19.4 Å². The number of carbonyl (C=O) groups is 2. The lowest BCUT2D eigenvalue weighted by Gasteiger charge is -2.20. The Labute approximate surface area is 213 Å². The molecule has 3 aromatic rings. The van der Waals surface area contributed by atoms with Crippen LogP contribution in [0.5, 0.6) is 5.88 Å². The number of hydrogen-bond donors (Lipinski definition) is 3. The Kier molecular flexibility index (Phi) is 8.17. The lowest BCUT2D eigenvalue weighted by molar-refractivity contribution is -0.135. The molecule has 1 unspecified atom stereocenters. The first-order chi connectivity index (χ1) is 17.2. The molecule has 192 valence electrons. The normalized spacial score (nSPS) is 15.1. The molecule has 0 radical (unpaired) electrons. The molecule has 2 aromatic heterocycles. The summed E-state index contributed by atoms with van der Waals surface area (Å²) < 4.78 is 30.2. The number of fused-ring (bicyclic) bond motifs is 1. The van der Waals surface area contributed by atoms with Crippen LogP contribution in [0.1, 0.15) is 43.6 Å². The van der Waals surface area contributed by atoms with Crippen molar-refractivity contribution >= 4 is 48.5 Å². The Bertz CT molecular complexity index is 1330. The molecular weight excluding hydrogens is 504 g/mol. The molecule has 0 aliphatic heterocycles. The van der Waals surface area contributed by atoms with Crippen molar-refractivity contribution in [3.63, 3.8) is 0 Å². The summed E-state index contributed by atoms with van der Waals surface area (Å²) >= 11 is 1.26. The number of rotatable bonds is 11. The summed E-state index contributed by atoms with van der Waals surface area (Å²) in [6.45, 7) is -0.449. The van der Waals surface area contributed by atoms with E-state index in [1.165, 1.54) is 30.6 Å². The number of sulfone groups is 1. The molecule has 1 saturated carbocycles. The number of thiazole rings is 1. The van der Waals surface area contributed by atoms with Gasteiger partial charge in [0.15, 0.2) is 15.0 Å². The molecule has 1 atom stereocenters. The van der Waals surface area contributed by atoms with Crippen LogP contribution in [0.4, 0.5) is 5.13 Å². The number of pyridine rings is 1. The van der Waals surface area contributed by atoms with Gasteiger partial charge in [-0.1, -0.05) is 49.2 Å². The van der Waals surface area contributed by atoms with Gasteiger partial charge in [-0.3, -0.25) is 14.9 Å². The molecule has 1 amide bonds. The topological polar surface area (TPSA) is 148 Å². The van der Waals surface area contributed by atoms with Gasteiger partial charge in [-0.2, -0.15) is 0 Å². The van der Waals surface area contributed by atoms with Gasteiger partial charge in [-0.15, -0.1) is 0 Å². The van der Waals surface area contributed by atoms with Crippen molar-refractivity contribution in [1.82, 2.24) is 15.3 Å². The Morgan fingerprint density at radius 2 is 1.86 bits per heavy atom. The van der Waals surface area contributed by atoms with E-state index >= 15 is 0 Å². The second kappa shape index (κ2) is 11.3. The van der Waals surface area contributed by atoms with E-state index in [0.717, 1.165) is 31.2 Å². The molecule has 10 nitrogen and oxygen atoms in total. The number of amides is 1. The van der Waals surface area contributed by atoms with Crippen LogP contribution in [0.25, 0.3) is 10.3 Å². The highest BCUT2D eigenvalue weighted by Crippen LogP contribution is 2.36. The zero-order chi connectivity index (χ0) is 25.7. The van der Waals surface area contributed by atoms with Gasteiger partial charge in [0.1, 0.15) is 16.2 Å². The average molecular weight is 533 g/mol. The minimum absolute atomic E-state index is 0.0651. The summed E-state index contributed by atoms with van der Waals surface area (Å²) in [5.74, 6) is -1.40. The van der Waals surface area contributed by atoms with Crippen molar-refractivity contribution in [2.24, 2.45) is 5.92 Å². The predicted molar refractivity (Wildman–Crippen MR) is 136 cm³/mol. The van der Waals surface area contributed by atoms with E-state index in [1.807, 2.05) is 0 Å². The maximum Gasteiger partial charge on any atom is 0.317 e. The summed E-state index contributed by atoms with van der Waals surface area (Å²) in [4.78, 5) is 33.6. The van der Waals surface area contributed by atoms with Crippen LogP contribution < -0.4 is 15.4 Å². The highest BCUT2D eigenvalue weighted by Gasteiger charge is 2.28. The van der Waals surface area contributed by atoms with Crippen LogP contribution in [-0.4, -0.2) is 54.9 Å². The SMILES string of the molecule is COc1ccc2nc(NC(=O)C(CC3CCCC3)c3ccc(S(=O)(=O)CNCC(=O)O)cc3)sc2n1. The van der Waals surface area contributed by atoms with Gasteiger partial charge in [0.2, 0.25) is 11.8 Å². The number of hydrogen-bond acceptors (Lipinski definition) is 9. The predicted octanol–water partition coefficient (Wildman–Crippen LogP) is 3.41. The van der Waals surface area contributed by atoms with E-state index in [9.17, 15) is 18.0 Å². The monoisotopic (exact) mass is 532 g/mol. The van der Waals surface area contributed by atoms with Gasteiger partial charge in [0.25, 0.3) is 0 Å². The molecule has 1 aromatic carbocycles. The number of carboxylic acid groups (broad SMARTS) is 1. The van der Waals surface area contributed by atoms with Crippen molar-refractivity contribution in [2.75, 3.05) is 24.8 Å². The first-order valence-electron chi connectivity index (χ1n) is 11.6. The third kappa shape index (κ3) is 6.37. The molecule has 3 N–H and O–H groups in total. The van der Waals surface area contributed by atoms with Crippen LogP contribution in [0.3, 0.4) is 0 Å². The number of methoxy groups -OCH3 is 1. The standard InChI is InChI=1S/C24H28N4O6S2/c1-34-20-11-10-19-23(27-20)35-24(26-19)28-22(31)18(12-15-4-2-3-5-15)16-6-8-17(9-7-16)36(32,33)14-25-13-21(29)30/h6-11,15,18,25H,2-5,12-14H2,1H3,(H,29,30)(H,26,28,31). The van der Waals surface area contributed by atoms with Crippen molar-refractivity contribution in [2.45, 2.75) is 42.9 Å². The summed E-state index contributed by atoms with van der Waals surface area (Å²) in [5, 5.41) is 14.5. The first-order valence-corrected chi connectivity index (χ1v) is 14.1. The molecule has 0 spiro atoms. The van der Waals surface area contributed by atoms with Crippen molar-refractivity contribution < 1.29 is 27.9 Å². The van der Waals surface area contributed by atoms with E-state index in [1.54, 1.807) is 24.3 Å². The van der Waals surface area contributed by atoms with Gasteiger partial charge in [-0.25, -0.2) is 18.4 Å². The van der Waals surface area contributed by atoms with Crippen LogP contribution in [0.2, 0.25) is 0 Å². The number of anilines is 1. The van der Waals surface area contributed by atoms with Crippen LogP contribution >= 0.6 is 11.3 Å². The largest absolute Gasteiger partial charge is 0.481 e. The summed E-state index contributed by atoms with van der Waals surface area (Å²) in [5.41, 5.74) is 1.38. The third-order valence-corrected chi connectivity index (χ3v) is 8.69. The number of ether oxygens (including phenoxy) is 1. The number of benzene rings is 1. The molecule has 2 heterocycles. The zero-order valence-corrected chi connectivity index (χ0v) is 21.4. The Hall–Kier alpha value is -3.09. The fourth-order valence-electron chi connectivity index (χ4n) is 4.42.